The maximum atomic E-state index is 12.4. The van der Waals surface area contributed by atoms with E-state index in [9.17, 15) is 19.2 Å². The van der Waals surface area contributed by atoms with Crippen LogP contribution in [0.4, 0.5) is 0 Å². The van der Waals surface area contributed by atoms with Crippen molar-refractivity contribution in [2.75, 3.05) is 13.1 Å². The first-order valence-corrected chi connectivity index (χ1v) is 7.38. The maximum Gasteiger partial charge on any atom is 0.332 e. The number of aromatic nitrogens is 4. The highest BCUT2D eigenvalue weighted by Gasteiger charge is 2.20. The molecule has 0 bridgehead atoms. The molecule has 0 aromatic carbocycles. The topological polar surface area (TPSA) is 119 Å². The van der Waals surface area contributed by atoms with Gasteiger partial charge in [0.05, 0.1) is 6.33 Å². The van der Waals surface area contributed by atoms with E-state index in [1.807, 2.05) is 6.92 Å². The fraction of sp³-hybridized carbons (Fsp3) is 0.500. The van der Waals surface area contributed by atoms with E-state index in [1.54, 1.807) is 0 Å². The van der Waals surface area contributed by atoms with Gasteiger partial charge in [0.2, 0.25) is 5.91 Å². The zero-order chi connectivity index (χ0) is 18.0. The Kier molecular flexibility index (Phi) is 4.86. The minimum absolute atomic E-state index is 0.125. The van der Waals surface area contributed by atoms with Crippen molar-refractivity contribution in [1.82, 2.24) is 23.6 Å². The van der Waals surface area contributed by atoms with E-state index in [4.69, 9.17) is 5.11 Å². The van der Waals surface area contributed by atoms with Gasteiger partial charge >= 0.3 is 11.7 Å². The summed E-state index contributed by atoms with van der Waals surface area (Å²) in [7, 11) is 2.83. The van der Waals surface area contributed by atoms with Crippen molar-refractivity contribution in [2.45, 2.75) is 19.9 Å². The molecular weight excluding hydrogens is 318 g/mol. The molecule has 0 aliphatic rings. The van der Waals surface area contributed by atoms with Crippen molar-refractivity contribution in [1.29, 1.82) is 0 Å². The zero-order valence-electron chi connectivity index (χ0n) is 13.7. The van der Waals surface area contributed by atoms with Crippen LogP contribution in [-0.4, -0.2) is 53.7 Å². The molecule has 130 valence electrons. The van der Waals surface area contributed by atoms with Gasteiger partial charge in [0.15, 0.2) is 11.2 Å². The molecule has 0 aliphatic heterocycles. The molecule has 0 aliphatic carbocycles. The van der Waals surface area contributed by atoms with Crippen molar-refractivity contribution in [2.24, 2.45) is 14.1 Å². The molecule has 10 heteroatoms. The van der Waals surface area contributed by atoms with Crippen molar-refractivity contribution >= 4 is 23.0 Å². The van der Waals surface area contributed by atoms with Gasteiger partial charge in [0.1, 0.15) is 13.1 Å². The van der Waals surface area contributed by atoms with Gasteiger partial charge in [-0.15, -0.1) is 0 Å². The summed E-state index contributed by atoms with van der Waals surface area (Å²) < 4.78 is 3.49. The molecule has 10 nitrogen and oxygen atoms in total. The Morgan fingerprint density at radius 3 is 2.50 bits per heavy atom. The fourth-order valence-corrected chi connectivity index (χ4v) is 2.49. The molecule has 0 atom stereocenters. The highest BCUT2D eigenvalue weighted by Crippen LogP contribution is 2.06. The van der Waals surface area contributed by atoms with Crippen LogP contribution < -0.4 is 11.2 Å². The Bertz CT molecular complexity index is 907. The minimum atomic E-state index is -1.11. The van der Waals surface area contributed by atoms with Gasteiger partial charge in [-0.25, -0.2) is 9.78 Å². The SMILES string of the molecule is CCCN(CC(=O)O)C(=O)Cn1cnc2c1c(=O)n(C)c(=O)n2C. The minimum Gasteiger partial charge on any atom is -0.480 e. The number of carbonyl (C=O) groups is 2. The van der Waals surface area contributed by atoms with Crippen LogP contribution in [-0.2, 0) is 30.2 Å². The lowest BCUT2D eigenvalue weighted by Gasteiger charge is -2.20. The Morgan fingerprint density at radius 2 is 1.92 bits per heavy atom. The molecule has 0 saturated heterocycles. The number of fused-ring (bicyclic) bond motifs is 1. The zero-order valence-corrected chi connectivity index (χ0v) is 13.7. The van der Waals surface area contributed by atoms with Crippen molar-refractivity contribution in [3.63, 3.8) is 0 Å². The van der Waals surface area contributed by atoms with Crippen LogP contribution >= 0.6 is 0 Å². The van der Waals surface area contributed by atoms with Crippen LogP contribution in [0.1, 0.15) is 13.3 Å². The van der Waals surface area contributed by atoms with Crippen molar-refractivity contribution < 1.29 is 14.7 Å². The van der Waals surface area contributed by atoms with Crippen molar-refractivity contribution in [3.05, 3.63) is 27.2 Å². The molecule has 2 rings (SSSR count). The number of nitrogens with zero attached hydrogens (tertiary/aromatic N) is 5. The number of hydrogen-bond acceptors (Lipinski definition) is 5. The van der Waals surface area contributed by atoms with E-state index in [-0.39, 0.29) is 17.7 Å². The highest BCUT2D eigenvalue weighted by molar-refractivity contribution is 5.82. The normalized spacial score (nSPS) is 11.0. The lowest BCUT2D eigenvalue weighted by Crippen LogP contribution is -2.40. The van der Waals surface area contributed by atoms with Crippen LogP contribution in [0, 0.1) is 0 Å². The van der Waals surface area contributed by atoms with Gasteiger partial charge in [-0.1, -0.05) is 6.92 Å². The van der Waals surface area contributed by atoms with Crippen LogP contribution in [0.3, 0.4) is 0 Å². The summed E-state index contributed by atoms with van der Waals surface area (Å²) in [6.07, 6.45) is 1.91. The largest absolute Gasteiger partial charge is 0.480 e. The van der Waals surface area contributed by atoms with Gasteiger partial charge in [0.25, 0.3) is 5.56 Å². The second-order valence-corrected chi connectivity index (χ2v) is 5.46. The second-order valence-electron chi connectivity index (χ2n) is 5.46. The summed E-state index contributed by atoms with van der Waals surface area (Å²) in [5, 5.41) is 8.90. The Balaban J connectivity index is 2.43. The van der Waals surface area contributed by atoms with E-state index in [0.29, 0.717) is 13.0 Å². The van der Waals surface area contributed by atoms with Gasteiger partial charge in [0, 0.05) is 20.6 Å². The molecular formula is C14H19N5O5. The summed E-state index contributed by atoms with van der Waals surface area (Å²) in [6, 6.07) is 0. The molecule has 0 fully saturated rings. The smallest absolute Gasteiger partial charge is 0.332 e. The Hall–Kier alpha value is -2.91. The summed E-state index contributed by atoms with van der Waals surface area (Å²) in [5.74, 6) is -1.54. The number of hydrogen-bond donors (Lipinski definition) is 1. The quantitative estimate of drug-likeness (QED) is 0.704. The van der Waals surface area contributed by atoms with Gasteiger partial charge in [-0.2, -0.15) is 0 Å². The van der Waals surface area contributed by atoms with E-state index in [2.05, 4.69) is 4.98 Å². The number of imidazole rings is 1. The molecule has 2 aromatic rings. The molecule has 0 radical (unpaired) electrons. The molecule has 0 saturated carbocycles. The number of aliphatic carboxylic acids is 1. The fourth-order valence-electron chi connectivity index (χ4n) is 2.49. The van der Waals surface area contributed by atoms with E-state index in [0.717, 1.165) is 4.57 Å². The maximum absolute atomic E-state index is 12.4. The first kappa shape index (κ1) is 17.4. The van der Waals surface area contributed by atoms with Crippen LogP contribution in [0.5, 0.6) is 0 Å². The molecule has 1 N–H and O–H groups in total. The lowest BCUT2D eigenvalue weighted by molar-refractivity contribution is -0.144. The predicted octanol–water partition coefficient (Wildman–Crippen LogP) is -1.24. The first-order chi connectivity index (χ1) is 11.3. The van der Waals surface area contributed by atoms with Gasteiger partial charge in [-0.3, -0.25) is 23.5 Å². The lowest BCUT2D eigenvalue weighted by atomic mass is 10.3. The average Bonchev–Trinajstić information content (AvgIpc) is 2.93. The van der Waals surface area contributed by atoms with Crippen LogP contribution in [0.2, 0.25) is 0 Å². The average molecular weight is 337 g/mol. The number of carbonyl (C=O) groups excluding carboxylic acids is 1. The second kappa shape index (κ2) is 6.69. The summed E-state index contributed by atoms with van der Waals surface area (Å²) in [6.45, 7) is 1.50. The number of carboxylic acids is 1. The van der Waals surface area contributed by atoms with Crippen molar-refractivity contribution in [3.8, 4) is 0 Å². The molecule has 24 heavy (non-hydrogen) atoms. The summed E-state index contributed by atoms with van der Waals surface area (Å²) >= 11 is 0. The number of aryl methyl sites for hydroxylation is 1. The number of carboxylic acid groups (broad SMARTS) is 1. The Labute approximate surface area is 136 Å². The van der Waals surface area contributed by atoms with E-state index < -0.39 is 29.7 Å². The number of rotatable bonds is 6. The Morgan fingerprint density at radius 1 is 1.25 bits per heavy atom. The molecule has 0 spiro atoms. The van der Waals surface area contributed by atoms with Crippen LogP contribution in [0.15, 0.2) is 15.9 Å². The standard InChI is InChI=1S/C14H19N5O5/c1-4-5-18(7-10(21)22)9(20)6-19-8-15-12-11(19)13(23)17(3)14(24)16(12)2/h8H,4-7H2,1-3H3,(H,21,22). The molecule has 2 heterocycles. The number of amides is 1. The van der Waals surface area contributed by atoms with Crippen LogP contribution in [0.25, 0.3) is 11.2 Å². The molecule has 0 unspecified atom stereocenters. The van der Waals surface area contributed by atoms with E-state index in [1.165, 1.54) is 34.5 Å². The first-order valence-electron chi connectivity index (χ1n) is 7.38. The molecule has 1 amide bonds. The summed E-state index contributed by atoms with van der Waals surface area (Å²) in [5.41, 5.74) is -0.767. The highest BCUT2D eigenvalue weighted by atomic mass is 16.4. The third-order valence-electron chi connectivity index (χ3n) is 3.70. The monoisotopic (exact) mass is 337 g/mol. The predicted molar refractivity (Wildman–Crippen MR) is 84.7 cm³/mol. The van der Waals surface area contributed by atoms with Gasteiger partial charge < -0.3 is 14.6 Å². The van der Waals surface area contributed by atoms with Gasteiger partial charge in [-0.05, 0) is 6.42 Å². The molecule has 2 aromatic heterocycles. The summed E-state index contributed by atoms with van der Waals surface area (Å²) in [4.78, 5) is 52.7. The van der Waals surface area contributed by atoms with E-state index >= 15 is 0 Å². The third-order valence-corrected chi connectivity index (χ3v) is 3.70. The third kappa shape index (κ3) is 3.07.